The van der Waals surface area contributed by atoms with Gasteiger partial charge in [-0.3, -0.25) is 4.98 Å². The number of methoxy groups -OCH3 is 1. The van der Waals surface area contributed by atoms with Gasteiger partial charge in [0.25, 0.3) is 0 Å². The second kappa shape index (κ2) is 7.95. The van der Waals surface area contributed by atoms with E-state index in [9.17, 15) is 0 Å². The Morgan fingerprint density at radius 3 is 3.00 bits per heavy atom. The van der Waals surface area contributed by atoms with Crippen LogP contribution in [0.2, 0.25) is 0 Å². The van der Waals surface area contributed by atoms with Crippen molar-refractivity contribution in [2.45, 2.75) is 38.6 Å². The molecular formula is C20H29N3O. The molecule has 0 radical (unpaired) electrons. The van der Waals surface area contributed by atoms with E-state index in [1.54, 1.807) is 7.11 Å². The van der Waals surface area contributed by atoms with Crippen molar-refractivity contribution in [1.29, 1.82) is 0 Å². The normalized spacial score (nSPS) is 22.5. The van der Waals surface area contributed by atoms with E-state index >= 15 is 0 Å². The van der Waals surface area contributed by atoms with E-state index in [0.29, 0.717) is 0 Å². The number of ether oxygens (including phenoxy) is 1. The minimum Gasteiger partial charge on any atom is -0.497 e. The first-order valence-corrected chi connectivity index (χ1v) is 9.12. The predicted molar refractivity (Wildman–Crippen MR) is 99.2 cm³/mol. The van der Waals surface area contributed by atoms with Crippen LogP contribution >= 0.6 is 0 Å². The van der Waals surface area contributed by atoms with E-state index in [4.69, 9.17) is 10.5 Å². The molecule has 4 nitrogen and oxygen atoms in total. The van der Waals surface area contributed by atoms with Crippen molar-refractivity contribution < 1.29 is 4.74 Å². The SMILES string of the molecule is CC[C@H]1CNCC[C@H]1CCC(N)c1ccnc2ccc(OC)cc12. The number of hydrogen-bond acceptors (Lipinski definition) is 4. The van der Waals surface area contributed by atoms with Crippen molar-refractivity contribution in [2.24, 2.45) is 17.6 Å². The van der Waals surface area contributed by atoms with Crippen LogP contribution in [0.3, 0.4) is 0 Å². The van der Waals surface area contributed by atoms with Crippen molar-refractivity contribution in [2.75, 3.05) is 20.2 Å². The fourth-order valence-electron chi connectivity index (χ4n) is 3.98. The summed E-state index contributed by atoms with van der Waals surface area (Å²) in [5.41, 5.74) is 8.74. The molecule has 1 aromatic carbocycles. The second-order valence-electron chi connectivity index (χ2n) is 6.89. The van der Waals surface area contributed by atoms with Gasteiger partial charge in [0.1, 0.15) is 5.75 Å². The first-order chi connectivity index (χ1) is 11.7. The Kier molecular flexibility index (Phi) is 5.69. The second-order valence-corrected chi connectivity index (χ2v) is 6.89. The molecule has 1 aromatic heterocycles. The largest absolute Gasteiger partial charge is 0.497 e. The van der Waals surface area contributed by atoms with Crippen LogP contribution in [0.1, 0.15) is 44.2 Å². The molecule has 3 atom stereocenters. The highest BCUT2D eigenvalue weighted by molar-refractivity contribution is 5.83. The average Bonchev–Trinajstić information content (AvgIpc) is 2.65. The van der Waals surface area contributed by atoms with Gasteiger partial charge in [-0.15, -0.1) is 0 Å². The van der Waals surface area contributed by atoms with Crippen LogP contribution in [-0.4, -0.2) is 25.2 Å². The Hall–Kier alpha value is -1.65. The number of fused-ring (bicyclic) bond motifs is 1. The summed E-state index contributed by atoms with van der Waals surface area (Å²) in [6.45, 7) is 4.60. The summed E-state index contributed by atoms with van der Waals surface area (Å²) in [5.74, 6) is 2.44. The maximum absolute atomic E-state index is 6.57. The van der Waals surface area contributed by atoms with E-state index in [1.165, 1.54) is 24.8 Å². The number of nitrogens with one attached hydrogen (secondary N) is 1. The van der Waals surface area contributed by atoms with E-state index in [0.717, 1.165) is 48.0 Å². The number of aromatic nitrogens is 1. The Labute approximate surface area is 144 Å². The monoisotopic (exact) mass is 327 g/mol. The van der Waals surface area contributed by atoms with Crippen LogP contribution in [0, 0.1) is 11.8 Å². The summed E-state index contributed by atoms with van der Waals surface area (Å²) >= 11 is 0. The molecule has 3 rings (SSSR count). The zero-order chi connectivity index (χ0) is 16.9. The van der Waals surface area contributed by atoms with Crippen LogP contribution in [0.25, 0.3) is 10.9 Å². The molecule has 0 amide bonds. The molecule has 4 heteroatoms. The lowest BCUT2D eigenvalue weighted by molar-refractivity contribution is 0.226. The lowest BCUT2D eigenvalue weighted by Gasteiger charge is -2.32. The standard InChI is InChI=1S/C20H29N3O/c1-3-14-13-22-10-8-15(14)4-6-19(21)17-9-11-23-20-7-5-16(24-2)12-18(17)20/h5,7,9,11-12,14-15,19,22H,3-4,6,8,10,13,21H2,1-2H3/t14-,15+,19?/m0/s1. The molecule has 0 bridgehead atoms. The molecule has 1 aliphatic rings. The van der Waals surface area contributed by atoms with E-state index in [1.807, 2.05) is 18.3 Å². The van der Waals surface area contributed by atoms with Crippen molar-refractivity contribution in [1.82, 2.24) is 10.3 Å². The van der Waals surface area contributed by atoms with Crippen LogP contribution in [-0.2, 0) is 0 Å². The highest BCUT2D eigenvalue weighted by Gasteiger charge is 2.24. The number of rotatable bonds is 6. The molecule has 24 heavy (non-hydrogen) atoms. The molecule has 0 aliphatic carbocycles. The van der Waals surface area contributed by atoms with Crippen LogP contribution in [0.4, 0.5) is 0 Å². The summed E-state index contributed by atoms with van der Waals surface area (Å²) in [5, 5.41) is 4.63. The lowest BCUT2D eigenvalue weighted by Crippen LogP contribution is -2.36. The Balaban J connectivity index is 1.74. The zero-order valence-electron chi connectivity index (χ0n) is 14.8. The van der Waals surface area contributed by atoms with Gasteiger partial charge in [0.2, 0.25) is 0 Å². The van der Waals surface area contributed by atoms with Gasteiger partial charge in [-0.25, -0.2) is 0 Å². The maximum Gasteiger partial charge on any atom is 0.119 e. The first kappa shape index (κ1) is 17.2. The smallest absolute Gasteiger partial charge is 0.119 e. The highest BCUT2D eigenvalue weighted by Crippen LogP contribution is 2.32. The fourth-order valence-corrected chi connectivity index (χ4v) is 3.98. The first-order valence-electron chi connectivity index (χ1n) is 9.12. The molecule has 1 unspecified atom stereocenters. The van der Waals surface area contributed by atoms with E-state index < -0.39 is 0 Å². The molecule has 2 heterocycles. The minimum atomic E-state index is 0.0509. The molecule has 0 saturated carbocycles. The third-order valence-corrected chi connectivity index (χ3v) is 5.52. The van der Waals surface area contributed by atoms with Crippen LogP contribution in [0.15, 0.2) is 30.5 Å². The molecule has 1 fully saturated rings. The Morgan fingerprint density at radius 2 is 2.21 bits per heavy atom. The summed E-state index contributed by atoms with van der Waals surface area (Å²) in [6, 6.07) is 8.12. The summed E-state index contributed by atoms with van der Waals surface area (Å²) < 4.78 is 5.37. The van der Waals surface area contributed by atoms with Gasteiger partial charge in [-0.1, -0.05) is 13.3 Å². The molecule has 3 N–H and O–H groups in total. The van der Waals surface area contributed by atoms with Crippen molar-refractivity contribution >= 4 is 10.9 Å². The molecule has 1 saturated heterocycles. The molecule has 130 valence electrons. The van der Waals surface area contributed by atoms with Gasteiger partial charge in [-0.2, -0.15) is 0 Å². The summed E-state index contributed by atoms with van der Waals surface area (Å²) in [4.78, 5) is 4.46. The maximum atomic E-state index is 6.57. The van der Waals surface area contributed by atoms with Gasteiger partial charge in [0, 0.05) is 17.6 Å². The third-order valence-electron chi connectivity index (χ3n) is 5.52. The van der Waals surface area contributed by atoms with Crippen molar-refractivity contribution in [3.05, 3.63) is 36.0 Å². The predicted octanol–water partition coefficient (Wildman–Crippen LogP) is 3.66. The highest BCUT2D eigenvalue weighted by atomic mass is 16.5. The molecular weight excluding hydrogens is 298 g/mol. The third kappa shape index (κ3) is 3.70. The van der Waals surface area contributed by atoms with Crippen molar-refractivity contribution in [3.8, 4) is 5.75 Å². The Bertz CT molecular complexity index is 673. The lowest BCUT2D eigenvalue weighted by atomic mass is 9.80. The summed E-state index contributed by atoms with van der Waals surface area (Å²) in [6.07, 6.45) is 6.62. The van der Waals surface area contributed by atoms with Gasteiger partial charge in [0.15, 0.2) is 0 Å². The van der Waals surface area contributed by atoms with Crippen LogP contribution < -0.4 is 15.8 Å². The molecule has 2 aromatic rings. The number of benzene rings is 1. The number of piperidine rings is 1. The fraction of sp³-hybridized carbons (Fsp3) is 0.550. The average molecular weight is 327 g/mol. The van der Waals surface area contributed by atoms with Gasteiger partial charge < -0.3 is 15.8 Å². The number of nitrogens with zero attached hydrogens (tertiary/aromatic N) is 1. The number of nitrogens with two attached hydrogens (primary N) is 1. The topological polar surface area (TPSA) is 60.2 Å². The zero-order valence-corrected chi connectivity index (χ0v) is 14.8. The van der Waals surface area contributed by atoms with E-state index in [-0.39, 0.29) is 6.04 Å². The van der Waals surface area contributed by atoms with Gasteiger partial charge in [-0.05, 0) is 74.0 Å². The van der Waals surface area contributed by atoms with Gasteiger partial charge in [0.05, 0.1) is 12.6 Å². The quantitative estimate of drug-likeness (QED) is 0.850. The number of pyridine rings is 1. The van der Waals surface area contributed by atoms with Crippen LogP contribution in [0.5, 0.6) is 5.75 Å². The number of hydrogen-bond donors (Lipinski definition) is 2. The summed E-state index contributed by atoms with van der Waals surface area (Å²) in [7, 11) is 1.69. The minimum absolute atomic E-state index is 0.0509. The molecule has 0 spiro atoms. The van der Waals surface area contributed by atoms with Crippen molar-refractivity contribution in [3.63, 3.8) is 0 Å². The van der Waals surface area contributed by atoms with Gasteiger partial charge >= 0.3 is 0 Å². The molecule has 1 aliphatic heterocycles. The Morgan fingerprint density at radius 1 is 1.33 bits per heavy atom. The van der Waals surface area contributed by atoms with E-state index in [2.05, 4.69) is 29.4 Å².